The summed E-state index contributed by atoms with van der Waals surface area (Å²) in [5.74, 6) is 9.73. The van der Waals surface area contributed by atoms with Crippen molar-refractivity contribution in [2.24, 2.45) is 5.92 Å². The molecule has 0 unspecified atom stereocenters. The second-order valence-electron chi connectivity index (χ2n) is 19.4. The molecule has 0 bridgehead atoms. The molecule has 0 aliphatic heterocycles. The van der Waals surface area contributed by atoms with Gasteiger partial charge in [-0.05, 0) is 77.4 Å². The number of rotatable bonds is 9. The van der Waals surface area contributed by atoms with E-state index in [0.717, 1.165) is 61.6 Å². The summed E-state index contributed by atoms with van der Waals surface area (Å²) in [6.07, 6.45) is 10.5. The van der Waals surface area contributed by atoms with Crippen LogP contribution >= 0.6 is 0 Å². The van der Waals surface area contributed by atoms with E-state index in [0.29, 0.717) is 17.5 Å². The van der Waals surface area contributed by atoms with Crippen LogP contribution in [0.3, 0.4) is 0 Å². The van der Waals surface area contributed by atoms with Crippen molar-refractivity contribution in [2.45, 2.75) is 102 Å². The van der Waals surface area contributed by atoms with Gasteiger partial charge in [0, 0.05) is 36.9 Å². The Morgan fingerprint density at radius 2 is 1.43 bits per heavy atom. The van der Waals surface area contributed by atoms with Crippen LogP contribution in [0, 0.1) is 25.0 Å². The molecule has 1 fully saturated rings. The fraction of sp³-hybridized carbons (Fsp3) is 0.293. The van der Waals surface area contributed by atoms with Crippen LogP contribution in [0.4, 0.5) is 0 Å². The second kappa shape index (κ2) is 19.8. The molecule has 0 spiro atoms. The van der Waals surface area contributed by atoms with Crippen LogP contribution in [0.1, 0.15) is 94.0 Å². The standard InChI is InChI=1S/C37H32N3O.C21H28GeN.Ir/c1-22(2)30-20-26(25-12-7-6-8-13-25)21-31(23(3)4)34(30)40-33-17-10-9-16-32(33)39-36(40)29-15-11-14-27-28-19-18-24(5)38-37(28)41-35(27)29;1-22(2,3)20-16-23-21(18-12-8-5-9-13-18)15-19(20)14-17-10-6-4-7-11-17;/h6-14,16-23H,1-5H3;5,8-9,12,15-17H,4,6-7,10-11,14H2,1-3H3;/q2*-1;. The molecule has 5 aromatic carbocycles. The van der Waals surface area contributed by atoms with Crippen molar-refractivity contribution in [1.82, 2.24) is 19.5 Å². The number of para-hydroxylation sites is 2. The van der Waals surface area contributed by atoms with Crippen molar-refractivity contribution in [2.75, 3.05) is 0 Å². The third-order valence-electron chi connectivity index (χ3n) is 13.0. The fourth-order valence-corrected chi connectivity index (χ4v) is 13.0. The first-order valence-electron chi connectivity index (χ1n) is 23.3. The number of pyridine rings is 2. The molecule has 7 heteroatoms. The average Bonchev–Trinajstić information content (AvgIpc) is 3.87. The minimum atomic E-state index is -1.89. The van der Waals surface area contributed by atoms with E-state index in [2.05, 4.69) is 164 Å². The number of fused-ring (bicyclic) bond motifs is 4. The van der Waals surface area contributed by atoms with Crippen molar-refractivity contribution < 1.29 is 24.5 Å². The first-order valence-corrected chi connectivity index (χ1v) is 30.7. The third-order valence-corrected chi connectivity index (χ3v) is 17.3. The molecular weight excluding hydrogens is 1030 g/mol. The smallest absolute Gasteiger partial charge is 0 e. The zero-order chi connectivity index (χ0) is 44.5. The zero-order valence-electron chi connectivity index (χ0n) is 39.1. The third kappa shape index (κ3) is 9.73. The molecule has 65 heavy (non-hydrogen) atoms. The second-order valence-corrected chi connectivity index (χ2v) is 30.0. The quantitative estimate of drug-likeness (QED) is 0.107. The van der Waals surface area contributed by atoms with Gasteiger partial charge in [-0.25, -0.2) is 4.98 Å². The summed E-state index contributed by atoms with van der Waals surface area (Å²) < 4.78 is 10.4. The number of benzene rings is 5. The van der Waals surface area contributed by atoms with E-state index in [1.807, 2.05) is 37.3 Å². The number of hydrogen-bond donors (Lipinski definition) is 0. The molecule has 333 valence electrons. The van der Waals surface area contributed by atoms with E-state index in [9.17, 15) is 0 Å². The molecule has 0 amide bonds. The minimum absolute atomic E-state index is 0. The number of nitrogens with zero attached hydrogens (tertiary/aromatic N) is 4. The van der Waals surface area contributed by atoms with Crippen LogP contribution in [0.5, 0.6) is 0 Å². The maximum Gasteiger partial charge on any atom is 0 e. The summed E-state index contributed by atoms with van der Waals surface area (Å²) in [7, 11) is 0. The average molecular weight is 1090 g/mol. The zero-order valence-corrected chi connectivity index (χ0v) is 43.6. The SMILES string of the molecule is Cc1ccc2c(n1)oc1c(-c3nc4ccccc4n3-c3c(C(C)C)cc(-c4ccccc4)cc3C(C)C)[c-]ccc12.[CH3][Ge]([CH3])([CH3])[c]1cnc(-c2[c-]cccc2)cc1CC1CCCCC1.[Ir]. The van der Waals surface area contributed by atoms with Crippen LogP contribution in [0.15, 0.2) is 132 Å². The number of aryl methyl sites for hydroxylation is 1. The molecule has 1 aliphatic carbocycles. The topological polar surface area (TPSA) is 56.7 Å². The Morgan fingerprint density at radius 1 is 0.723 bits per heavy atom. The molecule has 0 atom stereocenters. The Labute approximate surface area is 401 Å². The predicted molar refractivity (Wildman–Crippen MR) is 271 cm³/mol. The molecule has 4 aromatic heterocycles. The molecular formula is C58H60GeIrN4O-2. The number of hydrogen-bond acceptors (Lipinski definition) is 4. The largest absolute Gasteiger partial charge is 0 e. The van der Waals surface area contributed by atoms with Crippen molar-refractivity contribution >= 4 is 50.8 Å². The minimum Gasteiger partial charge on any atom is 0 e. The van der Waals surface area contributed by atoms with Crippen LogP contribution in [-0.4, -0.2) is 32.8 Å². The monoisotopic (exact) mass is 1100 g/mol. The van der Waals surface area contributed by atoms with Crippen LogP contribution < -0.4 is 4.40 Å². The van der Waals surface area contributed by atoms with Gasteiger partial charge in [0.25, 0.3) is 0 Å². The van der Waals surface area contributed by atoms with Gasteiger partial charge in [-0.3, -0.25) is 4.98 Å². The van der Waals surface area contributed by atoms with Gasteiger partial charge >= 0.3 is 144 Å². The molecule has 0 N–H and O–H groups in total. The Morgan fingerprint density at radius 3 is 2.12 bits per heavy atom. The fourth-order valence-electron chi connectivity index (χ4n) is 9.66. The molecule has 9 aromatic rings. The summed E-state index contributed by atoms with van der Waals surface area (Å²) >= 11 is -1.89. The van der Waals surface area contributed by atoms with E-state index in [1.54, 1.807) is 9.96 Å². The maximum atomic E-state index is 6.44. The summed E-state index contributed by atoms with van der Waals surface area (Å²) in [4.78, 5) is 14.7. The Balaban J connectivity index is 0.000000204. The first kappa shape index (κ1) is 46.4. The Bertz CT molecular complexity index is 3040. The summed E-state index contributed by atoms with van der Waals surface area (Å²) in [6.45, 7) is 11.1. The Kier molecular flexibility index (Phi) is 14.1. The molecule has 1 aliphatic rings. The van der Waals surface area contributed by atoms with Crippen molar-refractivity contribution in [3.63, 3.8) is 0 Å². The van der Waals surface area contributed by atoms with Gasteiger partial charge in [0.05, 0.1) is 22.4 Å². The van der Waals surface area contributed by atoms with E-state index >= 15 is 0 Å². The summed E-state index contributed by atoms with van der Waals surface area (Å²) in [5, 5.41) is 2.02. The number of aromatic nitrogens is 4. The molecule has 5 nitrogen and oxygen atoms in total. The number of imidazole rings is 1. The van der Waals surface area contributed by atoms with Gasteiger partial charge in [0.15, 0.2) is 0 Å². The van der Waals surface area contributed by atoms with Gasteiger partial charge < -0.3 is 8.98 Å². The Hall–Kier alpha value is -5.14. The van der Waals surface area contributed by atoms with E-state index < -0.39 is 13.3 Å². The molecule has 4 heterocycles. The van der Waals surface area contributed by atoms with Gasteiger partial charge in [0.2, 0.25) is 5.71 Å². The van der Waals surface area contributed by atoms with Crippen LogP contribution in [0.2, 0.25) is 17.3 Å². The van der Waals surface area contributed by atoms with Crippen molar-refractivity contribution in [3.8, 4) is 39.5 Å². The van der Waals surface area contributed by atoms with Gasteiger partial charge in [-0.2, -0.15) is 0 Å². The van der Waals surface area contributed by atoms with Crippen LogP contribution in [0.25, 0.3) is 72.6 Å². The van der Waals surface area contributed by atoms with Crippen LogP contribution in [-0.2, 0) is 26.5 Å². The predicted octanol–water partition coefficient (Wildman–Crippen LogP) is 15.2. The number of furan rings is 1. The van der Waals surface area contributed by atoms with Gasteiger partial charge in [-0.1, -0.05) is 81.1 Å². The van der Waals surface area contributed by atoms with Crippen molar-refractivity contribution in [3.05, 3.63) is 162 Å². The summed E-state index contributed by atoms with van der Waals surface area (Å²) in [6, 6.07) is 49.3. The summed E-state index contributed by atoms with van der Waals surface area (Å²) in [5.41, 5.74) is 15.2. The first-order chi connectivity index (χ1) is 30.9. The van der Waals surface area contributed by atoms with E-state index in [1.165, 1.54) is 66.5 Å². The normalized spacial score (nSPS) is 13.4. The van der Waals surface area contributed by atoms with E-state index in [4.69, 9.17) is 14.4 Å². The van der Waals surface area contributed by atoms with Gasteiger partial charge in [-0.15, -0.1) is 18.2 Å². The van der Waals surface area contributed by atoms with Gasteiger partial charge in [0.1, 0.15) is 0 Å². The molecule has 0 saturated heterocycles. The van der Waals surface area contributed by atoms with Crippen molar-refractivity contribution in [1.29, 1.82) is 0 Å². The molecule has 10 rings (SSSR count). The van der Waals surface area contributed by atoms with E-state index in [-0.39, 0.29) is 20.1 Å². The maximum absolute atomic E-state index is 6.44. The molecule has 1 saturated carbocycles. The molecule has 1 radical (unpaired) electrons.